The highest BCUT2D eigenvalue weighted by molar-refractivity contribution is 6.28. The second-order valence-electron chi connectivity index (χ2n) is 5.24. The Hall–Kier alpha value is -2.04. The molecule has 0 aromatic heterocycles. The molecule has 0 atom stereocenters. The first-order chi connectivity index (χ1) is 9.49. The molecule has 5 nitrogen and oxygen atoms in total. The summed E-state index contributed by atoms with van der Waals surface area (Å²) in [6, 6.07) is 0.0191. The van der Waals surface area contributed by atoms with Crippen LogP contribution >= 0.6 is 0 Å². The normalized spacial score (nSPS) is 22.9. The van der Waals surface area contributed by atoms with E-state index in [0.717, 1.165) is 25.7 Å². The summed E-state index contributed by atoms with van der Waals surface area (Å²) < 4.78 is 0. The number of carbonyl (C=O) groups excluding carboxylic acids is 2. The molecule has 5 heteroatoms. The number of Topliss-reactive ketones (excluding diaryl/α,β-unsaturated/α-hetero) is 1. The van der Waals surface area contributed by atoms with E-state index in [1.54, 1.807) is 6.92 Å². The van der Waals surface area contributed by atoms with E-state index in [0.29, 0.717) is 11.1 Å². The molecule has 1 fully saturated rings. The Balaban J connectivity index is 2.54. The lowest BCUT2D eigenvalue weighted by atomic mass is 9.91. The lowest BCUT2D eigenvalue weighted by Gasteiger charge is -2.35. The summed E-state index contributed by atoms with van der Waals surface area (Å²) in [5.74, 6) is -0.470. The molecule has 1 heterocycles. The molecule has 106 valence electrons. The van der Waals surface area contributed by atoms with Crippen LogP contribution in [0.2, 0.25) is 0 Å². The molecule has 1 amide bonds. The highest BCUT2D eigenvalue weighted by Gasteiger charge is 2.39. The third kappa shape index (κ3) is 2.24. The SMILES string of the molecule is C=N/C=C1\C(=N)N(C2CCCC2)C(=O)C(C(C)=O)=C1C. The van der Waals surface area contributed by atoms with Crippen molar-refractivity contribution < 1.29 is 9.59 Å². The van der Waals surface area contributed by atoms with Crippen LogP contribution in [0.25, 0.3) is 0 Å². The smallest absolute Gasteiger partial charge is 0.263 e. The van der Waals surface area contributed by atoms with Crippen molar-refractivity contribution in [1.29, 1.82) is 5.41 Å². The van der Waals surface area contributed by atoms with Crippen LogP contribution < -0.4 is 0 Å². The number of ketones is 1. The van der Waals surface area contributed by atoms with Gasteiger partial charge in [-0.1, -0.05) is 12.8 Å². The first kappa shape index (κ1) is 14.4. The zero-order chi connectivity index (χ0) is 14.9. The van der Waals surface area contributed by atoms with Gasteiger partial charge in [0, 0.05) is 17.8 Å². The van der Waals surface area contributed by atoms with E-state index in [1.807, 2.05) is 0 Å². The monoisotopic (exact) mass is 273 g/mol. The lowest BCUT2D eigenvalue weighted by molar-refractivity contribution is -0.127. The number of nitrogens with one attached hydrogen (secondary N) is 1. The van der Waals surface area contributed by atoms with E-state index in [-0.39, 0.29) is 29.1 Å². The first-order valence-corrected chi connectivity index (χ1v) is 6.79. The van der Waals surface area contributed by atoms with Crippen LogP contribution in [-0.4, -0.2) is 35.2 Å². The zero-order valence-electron chi connectivity index (χ0n) is 11.9. The lowest BCUT2D eigenvalue weighted by Crippen LogP contribution is -2.48. The van der Waals surface area contributed by atoms with Crippen molar-refractivity contribution in [1.82, 2.24) is 4.90 Å². The average Bonchev–Trinajstić information content (AvgIpc) is 2.88. The fourth-order valence-electron chi connectivity index (χ4n) is 3.00. The number of carbonyl (C=O) groups is 2. The Morgan fingerprint density at radius 2 is 2.05 bits per heavy atom. The number of amidine groups is 1. The predicted molar refractivity (Wildman–Crippen MR) is 77.8 cm³/mol. The molecule has 20 heavy (non-hydrogen) atoms. The minimum Gasteiger partial charge on any atom is -0.294 e. The summed E-state index contributed by atoms with van der Waals surface area (Å²) >= 11 is 0. The Bertz CT molecular complexity index is 551. The predicted octanol–water partition coefficient (Wildman–Crippen LogP) is 2.24. The maximum Gasteiger partial charge on any atom is 0.263 e. The molecule has 1 N–H and O–H groups in total. The minimum atomic E-state index is -0.340. The summed E-state index contributed by atoms with van der Waals surface area (Å²) in [5, 5.41) is 8.27. The number of rotatable bonds is 3. The van der Waals surface area contributed by atoms with Gasteiger partial charge in [0.1, 0.15) is 5.84 Å². The quantitative estimate of drug-likeness (QED) is 0.632. The maximum absolute atomic E-state index is 12.6. The maximum atomic E-state index is 12.6. The van der Waals surface area contributed by atoms with Gasteiger partial charge in [0.2, 0.25) is 0 Å². The van der Waals surface area contributed by atoms with Crippen molar-refractivity contribution in [3.8, 4) is 0 Å². The average molecular weight is 273 g/mol. The van der Waals surface area contributed by atoms with Gasteiger partial charge >= 0.3 is 0 Å². The van der Waals surface area contributed by atoms with Crippen LogP contribution in [0.4, 0.5) is 0 Å². The van der Waals surface area contributed by atoms with Crippen molar-refractivity contribution in [2.24, 2.45) is 4.99 Å². The minimum absolute atomic E-state index is 0.0191. The van der Waals surface area contributed by atoms with Gasteiger partial charge in [-0.25, -0.2) is 0 Å². The molecule has 0 aromatic rings. The summed E-state index contributed by atoms with van der Waals surface area (Å²) in [4.78, 5) is 29.5. The molecular formula is C15H19N3O2. The van der Waals surface area contributed by atoms with Gasteiger partial charge < -0.3 is 0 Å². The molecule has 0 spiro atoms. The Kier molecular flexibility index (Phi) is 3.97. The number of hydrogen-bond acceptors (Lipinski definition) is 4. The molecule has 0 aromatic carbocycles. The Morgan fingerprint density at radius 1 is 1.45 bits per heavy atom. The highest BCUT2D eigenvalue weighted by Crippen LogP contribution is 2.32. The van der Waals surface area contributed by atoms with Gasteiger partial charge in [-0.2, -0.15) is 0 Å². The fourth-order valence-corrected chi connectivity index (χ4v) is 3.00. The van der Waals surface area contributed by atoms with Crippen molar-refractivity contribution in [3.05, 3.63) is 22.9 Å². The van der Waals surface area contributed by atoms with E-state index in [1.165, 1.54) is 18.0 Å². The van der Waals surface area contributed by atoms with E-state index in [2.05, 4.69) is 11.7 Å². The van der Waals surface area contributed by atoms with Gasteiger partial charge in [0.05, 0.1) is 5.57 Å². The zero-order valence-corrected chi connectivity index (χ0v) is 11.9. The molecule has 1 aliphatic heterocycles. The van der Waals surface area contributed by atoms with E-state index in [9.17, 15) is 9.59 Å². The third-order valence-electron chi connectivity index (χ3n) is 3.97. The van der Waals surface area contributed by atoms with E-state index in [4.69, 9.17) is 5.41 Å². The van der Waals surface area contributed by atoms with Crippen molar-refractivity contribution in [2.45, 2.75) is 45.6 Å². The molecule has 2 aliphatic rings. The molecule has 0 bridgehead atoms. The van der Waals surface area contributed by atoms with Crippen LogP contribution in [0.1, 0.15) is 39.5 Å². The highest BCUT2D eigenvalue weighted by atomic mass is 16.2. The number of aliphatic imine (C=N–C) groups is 1. The van der Waals surface area contributed by atoms with Crippen LogP contribution in [0, 0.1) is 5.41 Å². The van der Waals surface area contributed by atoms with E-state index < -0.39 is 0 Å². The topological polar surface area (TPSA) is 73.6 Å². The summed E-state index contributed by atoms with van der Waals surface area (Å²) in [6.07, 6.45) is 5.33. The third-order valence-corrected chi connectivity index (χ3v) is 3.97. The van der Waals surface area contributed by atoms with Crippen LogP contribution in [0.15, 0.2) is 27.9 Å². The molecule has 0 radical (unpaired) electrons. The number of amides is 1. The standard InChI is InChI=1S/C15H19N3O2/c1-9-12(8-17-3)14(16)18(11-6-4-5-7-11)15(20)13(9)10(2)19/h8,11,16H,3-7H2,1-2H3/b12-8-,16-14?. The van der Waals surface area contributed by atoms with Crippen LogP contribution in [0.3, 0.4) is 0 Å². The fraction of sp³-hybridized carbons (Fsp3) is 0.467. The van der Waals surface area contributed by atoms with Gasteiger partial charge in [0.25, 0.3) is 5.91 Å². The van der Waals surface area contributed by atoms with Gasteiger partial charge in [-0.15, -0.1) is 0 Å². The number of nitrogens with zero attached hydrogens (tertiary/aromatic N) is 2. The van der Waals surface area contributed by atoms with Crippen molar-refractivity contribution in [3.63, 3.8) is 0 Å². The summed E-state index contributed by atoms with van der Waals surface area (Å²) in [7, 11) is 0. The van der Waals surface area contributed by atoms with Gasteiger partial charge in [0.15, 0.2) is 5.78 Å². The largest absolute Gasteiger partial charge is 0.294 e. The number of hydrogen-bond donors (Lipinski definition) is 1. The Labute approximate surface area is 118 Å². The first-order valence-electron chi connectivity index (χ1n) is 6.79. The van der Waals surface area contributed by atoms with Crippen LogP contribution in [-0.2, 0) is 9.59 Å². The van der Waals surface area contributed by atoms with Crippen molar-refractivity contribution >= 4 is 24.2 Å². The molecule has 1 aliphatic carbocycles. The second-order valence-corrected chi connectivity index (χ2v) is 5.24. The summed E-state index contributed by atoms with van der Waals surface area (Å²) in [6.45, 7) is 6.47. The molecule has 0 unspecified atom stereocenters. The van der Waals surface area contributed by atoms with Crippen LogP contribution in [0.5, 0.6) is 0 Å². The molecule has 2 rings (SSSR count). The summed E-state index contributed by atoms with van der Waals surface area (Å²) in [5.41, 5.74) is 1.20. The molecule has 1 saturated carbocycles. The van der Waals surface area contributed by atoms with Gasteiger partial charge in [-0.3, -0.25) is 24.9 Å². The molecule has 0 saturated heterocycles. The van der Waals surface area contributed by atoms with Gasteiger partial charge in [-0.05, 0) is 39.0 Å². The molecular weight excluding hydrogens is 254 g/mol. The van der Waals surface area contributed by atoms with Crippen molar-refractivity contribution in [2.75, 3.05) is 0 Å². The van der Waals surface area contributed by atoms with E-state index >= 15 is 0 Å². The Morgan fingerprint density at radius 3 is 2.55 bits per heavy atom. The second kappa shape index (κ2) is 5.53.